The first-order valence-electron chi connectivity index (χ1n) is 5.06. The molecular weight excluding hydrogens is 275 g/mol. The van der Waals surface area contributed by atoms with Gasteiger partial charge in [0, 0.05) is 5.56 Å². The molecule has 0 radical (unpaired) electrons. The van der Waals surface area contributed by atoms with Crippen molar-refractivity contribution in [3.05, 3.63) is 30.1 Å². The third kappa shape index (κ3) is 2.85. The maximum absolute atomic E-state index is 13.5. The van der Waals surface area contributed by atoms with Crippen molar-refractivity contribution in [2.45, 2.75) is 16.5 Å². The van der Waals surface area contributed by atoms with Crippen LogP contribution < -0.4 is 0 Å². The van der Waals surface area contributed by atoms with E-state index in [4.69, 9.17) is 5.11 Å². The maximum Gasteiger partial charge on any atom is 0.316 e. The van der Waals surface area contributed by atoms with Crippen molar-refractivity contribution in [1.82, 2.24) is 10.2 Å². The van der Waals surface area contributed by atoms with Gasteiger partial charge in [-0.15, -0.1) is 10.2 Å². The van der Waals surface area contributed by atoms with E-state index in [1.54, 1.807) is 25.1 Å². The highest BCUT2D eigenvalue weighted by molar-refractivity contribution is 8.02. The number of halogens is 1. The zero-order valence-corrected chi connectivity index (χ0v) is 11.0. The Bertz CT molecular complexity index is 574. The molecule has 0 aliphatic heterocycles. The number of hydrogen-bond acceptors (Lipinski definition) is 5. The van der Waals surface area contributed by atoms with Crippen molar-refractivity contribution < 1.29 is 14.3 Å². The number of aromatic nitrogens is 2. The van der Waals surface area contributed by atoms with E-state index in [1.165, 1.54) is 17.4 Å². The lowest BCUT2D eigenvalue weighted by atomic mass is 10.2. The summed E-state index contributed by atoms with van der Waals surface area (Å²) in [5.74, 6) is -1.28. The van der Waals surface area contributed by atoms with Gasteiger partial charge in [-0.1, -0.05) is 35.2 Å². The highest BCUT2D eigenvalue weighted by Crippen LogP contribution is 2.32. The monoisotopic (exact) mass is 284 g/mol. The molecule has 0 aliphatic rings. The second kappa shape index (κ2) is 5.45. The number of carboxylic acid groups (broad SMARTS) is 1. The second-order valence-corrected chi connectivity index (χ2v) is 6.02. The fourth-order valence-corrected chi connectivity index (χ4v) is 3.16. The third-order valence-corrected chi connectivity index (χ3v) is 4.26. The molecule has 1 aromatic carbocycles. The van der Waals surface area contributed by atoms with E-state index in [0.29, 0.717) is 14.9 Å². The number of hydrogen-bond donors (Lipinski definition) is 1. The SMILES string of the molecule is CC(Sc1nnc(-c2ccccc2F)s1)C(=O)O. The Kier molecular flexibility index (Phi) is 3.93. The Labute approximate surface area is 111 Å². The molecule has 18 heavy (non-hydrogen) atoms. The van der Waals surface area contributed by atoms with Gasteiger partial charge in [0.15, 0.2) is 9.35 Å². The average molecular weight is 284 g/mol. The zero-order valence-electron chi connectivity index (χ0n) is 9.33. The minimum atomic E-state index is -0.914. The first kappa shape index (κ1) is 13.0. The van der Waals surface area contributed by atoms with Gasteiger partial charge >= 0.3 is 5.97 Å². The molecule has 4 nitrogen and oxygen atoms in total. The molecule has 94 valence electrons. The number of carboxylic acids is 1. The first-order valence-corrected chi connectivity index (χ1v) is 6.75. The molecule has 0 bridgehead atoms. The van der Waals surface area contributed by atoms with Crippen molar-refractivity contribution in [3.8, 4) is 10.6 Å². The summed E-state index contributed by atoms with van der Waals surface area (Å²) in [6.45, 7) is 1.57. The Morgan fingerprint density at radius 3 is 2.83 bits per heavy atom. The molecule has 1 unspecified atom stereocenters. The fourth-order valence-electron chi connectivity index (χ4n) is 1.20. The van der Waals surface area contributed by atoms with Gasteiger partial charge in [0.25, 0.3) is 0 Å². The number of rotatable bonds is 4. The molecule has 0 saturated heterocycles. The van der Waals surface area contributed by atoms with Gasteiger partial charge in [-0.3, -0.25) is 4.79 Å². The molecule has 1 heterocycles. The standard InChI is InChI=1S/C11H9FN2O2S2/c1-6(10(15)16)17-11-14-13-9(18-11)7-4-2-3-5-8(7)12/h2-6H,1H3,(H,15,16). The number of thioether (sulfide) groups is 1. The first-order chi connectivity index (χ1) is 8.58. The second-order valence-electron chi connectivity index (χ2n) is 3.45. The quantitative estimate of drug-likeness (QED) is 0.875. The normalized spacial score (nSPS) is 12.3. The Morgan fingerprint density at radius 1 is 1.44 bits per heavy atom. The van der Waals surface area contributed by atoms with Crippen molar-refractivity contribution >= 4 is 29.1 Å². The molecule has 0 aliphatic carbocycles. The molecule has 0 spiro atoms. The topological polar surface area (TPSA) is 63.1 Å². The Morgan fingerprint density at radius 2 is 2.17 bits per heavy atom. The molecule has 2 rings (SSSR count). The summed E-state index contributed by atoms with van der Waals surface area (Å²) in [7, 11) is 0. The van der Waals surface area contributed by atoms with Crippen LogP contribution in [0.25, 0.3) is 10.6 Å². The Hall–Kier alpha value is -1.47. The van der Waals surface area contributed by atoms with Crippen LogP contribution in [0, 0.1) is 5.82 Å². The molecule has 0 fully saturated rings. The van der Waals surface area contributed by atoms with Gasteiger partial charge in [0.05, 0.1) is 0 Å². The largest absolute Gasteiger partial charge is 0.480 e. The molecular formula is C11H9FN2O2S2. The van der Waals surface area contributed by atoms with Crippen LogP contribution >= 0.6 is 23.1 Å². The van der Waals surface area contributed by atoms with Crippen LogP contribution in [0.5, 0.6) is 0 Å². The predicted octanol–water partition coefficient (Wildman–Crippen LogP) is 2.91. The molecule has 7 heteroatoms. The maximum atomic E-state index is 13.5. The van der Waals surface area contributed by atoms with Gasteiger partial charge in [-0.2, -0.15) is 0 Å². The van der Waals surface area contributed by atoms with E-state index in [1.807, 2.05) is 0 Å². The van der Waals surface area contributed by atoms with E-state index in [9.17, 15) is 9.18 Å². The van der Waals surface area contributed by atoms with Crippen LogP contribution in [0.15, 0.2) is 28.6 Å². The van der Waals surface area contributed by atoms with Crippen LogP contribution in [0.2, 0.25) is 0 Å². The van der Waals surface area contributed by atoms with E-state index in [-0.39, 0.29) is 5.82 Å². The van der Waals surface area contributed by atoms with Crippen molar-refractivity contribution in [1.29, 1.82) is 0 Å². The lowest BCUT2D eigenvalue weighted by Crippen LogP contribution is -2.10. The Balaban J connectivity index is 2.21. The number of aliphatic carboxylic acids is 1. The number of carbonyl (C=O) groups is 1. The van der Waals surface area contributed by atoms with E-state index >= 15 is 0 Å². The molecule has 2 aromatic rings. The summed E-state index contributed by atoms with van der Waals surface area (Å²) >= 11 is 2.28. The molecule has 0 saturated carbocycles. The average Bonchev–Trinajstić information content (AvgIpc) is 2.77. The third-order valence-electron chi connectivity index (χ3n) is 2.14. The summed E-state index contributed by atoms with van der Waals surface area (Å²) in [6, 6.07) is 6.28. The summed E-state index contributed by atoms with van der Waals surface area (Å²) in [5, 5.41) is 16.4. The number of benzene rings is 1. The van der Waals surface area contributed by atoms with E-state index in [2.05, 4.69) is 10.2 Å². The minimum absolute atomic E-state index is 0.364. The number of nitrogens with zero attached hydrogens (tertiary/aromatic N) is 2. The summed E-state index contributed by atoms with van der Waals surface area (Å²) in [4.78, 5) is 10.7. The zero-order chi connectivity index (χ0) is 13.1. The van der Waals surface area contributed by atoms with Crippen LogP contribution in [0.4, 0.5) is 4.39 Å². The van der Waals surface area contributed by atoms with Gasteiger partial charge < -0.3 is 5.11 Å². The van der Waals surface area contributed by atoms with Gasteiger partial charge in [0.1, 0.15) is 11.1 Å². The van der Waals surface area contributed by atoms with Gasteiger partial charge in [-0.25, -0.2) is 4.39 Å². The van der Waals surface area contributed by atoms with Crippen molar-refractivity contribution in [3.63, 3.8) is 0 Å². The summed E-state index contributed by atoms with van der Waals surface area (Å²) < 4.78 is 14.0. The van der Waals surface area contributed by atoms with Crippen LogP contribution in [0.3, 0.4) is 0 Å². The molecule has 1 N–H and O–H groups in total. The predicted molar refractivity (Wildman–Crippen MR) is 68.3 cm³/mol. The van der Waals surface area contributed by atoms with E-state index in [0.717, 1.165) is 11.8 Å². The van der Waals surface area contributed by atoms with Crippen molar-refractivity contribution in [2.75, 3.05) is 0 Å². The highest BCUT2D eigenvalue weighted by Gasteiger charge is 2.17. The smallest absolute Gasteiger partial charge is 0.316 e. The van der Waals surface area contributed by atoms with Crippen molar-refractivity contribution in [2.24, 2.45) is 0 Å². The van der Waals surface area contributed by atoms with Gasteiger partial charge in [-0.05, 0) is 19.1 Å². The summed E-state index contributed by atoms with van der Waals surface area (Å²) in [6.07, 6.45) is 0. The van der Waals surface area contributed by atoms with Gasteiger partial charge in [0.2, 0.25) is 0 Å². The van der Waals surface area contributed by atoms with E-state index < -0.39 is 11.2 Å². The molecule has 1 atom stereocenters. The lowest BCUT2D eigenvalue weighted by molar-refractivity contribution is -0.136. The molecule has 1 aromatic heterocycles. The van der Waals surface area contributed by atoms with Crippen LogP contribution in [-0.2, 0) is 4.79 Å². The summed E-state index contributed by atoms with van der Waals surface area (Å²) in [5.41, 5.74) is 0.379. The highest BCUT2D eigenvalue weighted by atomic mass is 32.2. The van der Waals surface area contributed by atoms with Crippen LogP contribution in [0.1, 0.15) is 6.92 Å². The minimum Gasteiger partial charge on any atom is -0.480 e. The molecule has 0 amide bonds. The fraction of sp³-hybridized carbons (Fsp3) is 0.182. The lowest BCUT2D eigenvalue weighted by Gasteiger charge is -2.00. The van der Waals surface area contributed by atoms with Crippen LogP contribution in [-0.4, -0.2) is 26.5 Å².